The van der Waals surface area contributed by atoms with Gasteiger partial charge < -0.3 is 25.0 Å². The van der Waals surface area contributed by atoms with Crippen molar-refractivity contribution in [2.45, 2.75) is 25.4 Å². The van der Waals surface area contributed by atoms with Crippen LogP contribution in [0.2, 0.25) is 5.02 Å². The van der Waals surface area contributed by atoms with Crippen LogP contribution >= 0.6 is 11.6 Å². The summed E-state index contributed by atoms with van der Waals surface area (Å²) in [6, 6.07) is 8.57. The molecule has 0 saturated carbocycles. The third kappa shape index (κ3) is 3.87. The minimum Gasteiger partial charge on any atom is -0.379 e. The second kappa shape index (κ2) is 8.11. The molecule has 1 aromatic heterocycles. The number of rotatable bonds is 4. The zero-order valence-electron chi connectivity index (χ0n) is 16.3. The van der Waals surface area contributed by atoms with Gasteiger partial charge in [-0.15, -0.1) is 0 Å². The van der Waals surface area contributed by atoms with Crippen molar-refractivity contribution in [2.24, 2.45) is 0 Å². The van der Waals surface area contributed by atoms with Crippen molar-refractivity contribution < 1.29 is 9.47 Å². The molecule has 0 aliphatic carbocycles. The normalized spacial score (nSPS) is 20.5. The van der Waals surface area contributed by atoms with E-state index in [0.29, 0.717) is 19.3 Å². The molecule has 1 atom stereocenters. The largest absolute Gasteiger partial charge is 0.379 e. The molecular formula is C20H26ClN5O2. The van der Waals surface area contributed by atoms with E-state index in [1.807, 2.05) is 19.1 Å². The number of hydrogen-bond donors (Lipinski definition) is 1. The van der Waals surface area contributed by atoms with Crippen LogP contribution in [0.5, 0.6) is 0 Å². The lowest BCUT2D eigenvalue weighted by molar-refractivity contribution is 0.0101. The van der Waals surface area contributed by atoms with Crippen molar-refractivity contribution in [1.29, 1.82) is 0 Å². The molecular weight excluding hydrogens is 378 g/mol. The summed E-state index contributed by atoms with van der Waals surface area (Å²) in [6.07, 6.45) is 0.916. The number of anilines is 3. The van der Waals surface area contributed by atoms with Gasteiger partial charge in [0.1, 0.15) is 5.82 Å². The fourth-order valence-electron chi connectivity index (χ4n) is 3.69. The number of nitrogen functional groups attached to an aromatic ring is 1. The van der Waals surface area contributed by atoms with Crippen molar-refractivity contribution in [3.63, 3.8) is 0 Å². The van der Waals surface area contributed by atoms with E-state index in [1.165, 1.54) is 0 Å². The molecule has 28 heavy (non-hydrogen) atoms. The Labute approximate surface area is 170 Å². The summed E-state index contributed by atoms with van der Waals surface area (Å²) in [7, 11) is 2.08. The zero-order chi connectivity index (χ0) is 19.7. The molecule has 0 bridgehead atoms. The van der Waals surface area contributed by atoms with Crippen LogP contribution in [0.4, 0.5) is 17.5 Å². The van der Waals surface area contributed by atoms with E-state index in [2.05, 4.69) is 38.9 Å². The van der Waals surface area contributed by atoms with Gasteiger partial charge in [-0.3, -0.25) is 0 Å². The quantitative estimate of drug-likeness (QED) is 0.840. The van der Waals surface area contributed by atoms with Crippen LogP contribution in [-0.2, 0) is 9.47 Å². The highest BCUT2D eigenvalue weighted by Gasteiger charge is 2.28. The Balaban J connectivity index is 1.66. The Hall–Kier alpha value is -2.09. The van der Waals surface area contributed by atoms with E-state index >= 15 is 0 Å². The summed E-state index contributed by atoms with van der Waals surface area (Å²) >= 11 is 6.74. The molecule has 150 valence electrons. The highest BCUT2D eigenvalue weighted by Crippen LogP contribution is 2.35. The minimum atomic E-state index is -0.0323. The summed E-state index contributed by atoms with van der Waals surface area (Å²) in [6.45, 7) is 5.52. The smallest absolute Gasteiger partial charge is 0.222 e. The van der Waals surface area contributed by atoms with Crippen LogP contribution in [0.3, 0.4) is 0 Å². The average Bonchev–Trinajstić information content (AvgIpc) is 2.85. The predicted octanol–water partition coefficient (Wildman–Crippen LogP) is 2.82. The first-order chi connectivity index (χ1) is 13.5. The SMILES string of the molecule is Cc1cc(N2CCCOCC2c2ccc(N(C)C3COC3)cc2Cl)nc(N)n1. The maximum absolute atomic E-state index is 6.74. The molecule has 4 rings (SSSR count). The Bertz CT molecular complexity index is 825. The molecule has 7 nitrogen and oxygen atoms in total. The summed E-state index contributed by atoms with van der Waals surface area (Å²) in [5.74, 6) is 1.09. The van der Waals surface area contributed by atoms with Gasteiger partial charge in [0, 0.05) is 42.7 Å². The van der Waals surface area contributed by atoms with E-state index in [-0.39, 0.29) is 12.0 Å². The monoisotopic (exact) mass is 403 g/mol. The van der Waals surface area contributed by atoms with Crippen molar-refractivity contribution >= 4 is 29.1 Å². The number of nitrogens with two attached hydrogens (primary N) is 1. The molecule has 2 fully saturated rings. The molecule has 2 N–H and O–H groups in total. The molecule has 3 heterocycles. The fourth-order valence-corrected chi connectivity index (χ4v) is 4.00. The number of hydrogen-bond acceptors (Lipinski definition) is 7. The van der Waals surface area contributed by atoms with E-state index in [0.717, 1.165) is 54.0 Å². The van der Waals surface area contributed by atoms with Gasteiger partial charge in [-0.25, -0.2) is 4.98 Å². The Morgan fingerprint density at radius 1 is 1.18 bits per heavy atom. The van der Waals surface area contributed by atoms with Gasteiger partial charge in [0.25, 0.3) is 0 Å². The van der Waals surface area contributed by atoms with Gasteiger partial charge in [-0.05, 0) is 31.0 Å². The summed E-state index contributed by atoms with van der Waals surface area (Å²) in [5, 5.41) is 0.726. The van der Waals surface area contributed by atoms with E-state index in [1.54, 1.807) is 0 Å². The number of ether oxygens (including phenoxy) is 2. The molecule has 2 saturated heterocycles. The van der Waals surface area contributed by atoms with Crippen molar-refractivity contribution in [1.82, 2.24) is 9.97 Å². The van der Waals surface area contributed by atoms with Crippen LogP contribution in [0, 0.1) is 6.92 Å². The number of aryl methyl sites for hydroxylation is 1. The molecule has 0 amide bonds. The van der Waals surface area contributed by atoms with Crippen molar-refractivity contribution in [2.75, 3.05) is 55.6 Å². The topological polar surface area (TPSA) is 76.7 Å². The Morgan fingerprint density at radius 2 is 2.00 bits per heavy atom. The number of likely N-dealkylation sites (N-methyl/N-ethyl adjacent to an activating group) is 1. The first-order valence-electron chi connectivity index (χ1n) is 9.58. The lowest BCUT2D eigenvalue weighted by Crippen LogP contribution is -2.47. The molecule has 0 spiro atoms. The fraction of sp³-hybridized carbons (Fsp3) is 0.500. The van der Waals surface area contributed by atoms with Crippen LogP contribution in [0.15, 0.2) is 24.3 Å². The standard InChI is InChI=1S/C20H26ClN5O2/c1-13-8-19(24-20(22)23-13)26-6-3-7-27-12-18(26)16-5-4-14(9-17(16)21)25(2)15-10-28-11-15/h4-5,8-9,15,18H,3,6-7,10-12H2,1-2H3,(H2,22,23,24). The second-order valence-electron chi connectivity index (χ2n) is 7.37. The minimum absolute atomic E-state index is 0.0323. The molecule has 1 unspecified atom stereocenters. The molecule has 2 aliphatic rings. The van der Waals surface area contributed by atoms with Gasteiger partial charge in [0.05, 0.1) is 31.9 Å². The zero-order valence-corrected chi connectivity index (χ0v) is 17.0. The van der Waals surface area contributed by atoms with Crippen LogP contribution < -0.4 is 15.5 Å². The first-order valence-corrected chi connectivity index (χ1v) is 9.96. The average molecular weight is 404 g/mol. The van der Waals surface area contributed by atoms with E-state index < -0.39 is 0 Å². The summed E-state index contributed by atoms with van der Waals surface area (Å²) < 4.78 is 11.2. The Morgan fingerprint density at radius 3 is 2.68 bits per heavy atom. The van der Waals surface area contributed by atoms with Gasteiger partial charge in [0.15, 0.2) is 0 Å². The molecule has 0 radical (unpaired) electrons. The van der Waals surface area contributed by atoms with Crippen LogP contribution in [0.1, 0.15) is 23.7 Å². The summed E-state index contributed by atoms with van der Waals surface area (Å²) in [4.78, 5) is 13.1. The summed E-state index contributed by atoms with van der Waals surface area (Å²) in [5.41, 5.74) is 8.86. The lowest BCUT2D eigenvalue weighted by Gasteiger charge is -2.36. The van der Waals surface area contributed by atoms with Crippen molar-refractivity contribution in [3.8, 4) is 0 Å². The molecule has 2 aromatic rings. The third-order valence-electron chi connectivity index (χ3n) is 5.41. The first kappa shape index (κ1) is 19.2. The number of nitrogens with zero attached hydrogens (tertiary/aromatic N) is 4. The maximum atomic E-state index is 6.74. The molecule has 1 aromatic carbocycles. The number of halogens is 1. The van der Waals surface area contributed by atoms with Gasteiger partial charge >= 0.3 is 0 Å². The highest BCUT2D eigenvalue weighted by atomic mass is 35.5. The number of aromatic nitrogens is 2. The van der Waals surface area contributed by atoms with Crippen LogP contribution in [-0.4, -0.2) is 56.0 Å². The second-order valence-corrected chi connectivity index (χ2v) is 7.78. The highest BCUT2D eigenvalue weighted by molar-refractivity contribution is 6.31. The number of benzene rings is 1. The maximum Gasteiger partial charge on any atom is 0.222 e. The third-order valence-corrected chi connectivity index (χ3v) is 5.74. The predicted molar refractivity (Wildman–Crippen MR) is 111 cm³/mol. The molecule has 2 aliphatic heterocycles. The Kier molecular flexibility index (Phi) is 5.57. The van der Waals surface area contributed by atoms with Crippen LogP contribution in [0.25, 0.3) is 0 Å². The van der Waals surface area contributed by atoms with Gasteiger partial charge in [-0.2, -0.15) is 4.98 Å². The van der Waals surface area contributed by atoms with Gasteiger partial charge in [-0.1, -0.05) is 17.7 Å². The van der Waals surface area contributed by atoms with Crippen molar-refractivity contribution in [3.05, 3.63) is 40.5 Å². The lowest BCUT2D eigenvalue weighted by atomic mass is 10.0. The van der Waals surface area contributed by atoms with E-state index in [4.69, 9.17) is 26.8 Å². The van der Waals surface area contributed by atoms with E-state index in [9.17, 15) is 0 Å². The molecule has 8 heteroatoms. The van der Waals surface area contributed by atoms with Gasteiger partial charge in [0.2, 0.25) is 5.95 Å².